The second-order valence-electron chi connectivity index (χ2n) is 6.10. The fraction of sp³-hybridized carbons (Fsp3) is 0. The predicted molar refractivity (Wildman–Crippen MR) is 116 cm³/mol. The van der Waals surface area contributed by atoms with E-state index in [-0.39, 0.29) is 11.6 Å². The Morgan fingerprint density at radius 3 is 2.82 bits per heavy atom. The van der Waals surface area contributed by atoms with Gasteiger partial charge in [-0.25, -0.2) is 15.0 Å². The van der Waals surface area contributed by atoms with E-state index in [0.717, 1.165) is 31.0 Å². The van der Waals surface area contributed by atoms with Crippen LogP contribution in [0.3, 0.4) is 0 Å². The third-order valence-electron chi connectivity index (χ3n) is 4.29. The van der Waals surface area contributed by atoms with Gasteiger partial charge in [0.1, 0.15) is 0 Å². The number of fused-ring (bicyclic) bond motifs is 2. The summed E-state index contributed by atoms with van der Waals surface area (Å²) in [5, 5.41) is 12.8. The summed E-state index contributed by atoms with van der Waals surface area (Å²) in [6, 6.07) is 19.7. The van der Waals surface area contributed by atoms with E-state index in [0.29, 0.717) is 11.0 Å². The number of thiazole rings is 1. The van der Waals surface area contributed by atoms with Crippen molar-refractivity contribution in [2.24, 2.45) is 4.99 Å². The molecule has 0 amide bonds. The first-order valence-electron chi connectivity index (χ1n) is 8.45. The summed E-state index contributed by atoms with van der Waals surface area (Å²) in [5.41, 5.74) is 1.96. The summed E-state index contributed by atoms with van der Waals surface area (Å²) in [6.45, 7) is 0. The average molecular weight is 450 g/mol. The van der Waals surface area contributed by atoms with Crippen LogP contribution >= 0.6 is 27.3 Å². The Morgan fingerprint density at radius 1 is 1.04 bits per heavy atom. The molecule has 7 heteroatoms. The minimum atomic E-state index is -0.268. The Balaban J connectivity index is 1.51. The van der Waals surface area contributed by atoms with Gasteiger partial charge in [0.05, 0.1) is 16.4 Å². The highest BCUT2D eigenvalue weighted by Crippen LogP contribution is 2.33. The first-order valence-corrected chi connectivity index (χ1v) is 10.1. The molecule has 5 rings (SSSR count). The van der Waals surface area contributed by atoms with Gasteiger partial charge in [-0.1, -0.05) is 63.7 Å². The van der Waals surface area contributed by atoms with Gasteiger partial charge in [-0.2, -0.15) is 0 Å². The van der Waals surface area contributed by atoms with Crippen LogP contribution in [0, 0.1) is 0 Å². The van der Waals surface area contributed by atoms with E-state index in [2.05, 4.69) is 30.9 Å². The third kappa shape index (κ3) is 3.08. The van der Waals surface area contributed by atoms with Gasteiger partial charge in [0.2, 0.25) is 11.0 Å². The minimum absolute atomic E-state index is 0.267. The number of rotatable bonds is 3. The number of aromatic hydroxyl groups is 1. The molecule has 0 aliphatic carbocycles. The van der Waals surface area contributed by atoms with Crippen LogP contribution in [-0.4, -0.2) is 21.3 Å². The smallest absolute Gasteiger partial charge is 0.312 e. The molecule has 2 aromatic heterocycles. The molecule has 0 fully saturated rings. The van der Waals surface area contributed by atoms with Crippen molar-refractivity contribution in [2.45, 2.75) is 0 Å². The number of oxazole rings is 1. The second kappa shape index (κ2) is 6.85. The predicted octanol–water partition coefficient (Wildman–Crippen LogP) is 6.32. The Bertz CT molecular complexity index is 1350. The number of aromatic nitrogens is 2. The van der Waals surface area contributed by atoms with E-state index in [1.807, 2.05) is 60.7 Å². The lowest BCUT2D eigenvalue weighted by Crippen LogP contribution is -1.84. The molecule has 0 aliphatic heterocycles. The highest BCUT2D eigenvalue weighted by atomic mass is 79.9. The van der Waals surface area contributed by atoms with Crippen LogP contribution in [0.25, 0.3) is 32.4 Å². The average Bonchev–Trinajstić information content (AvgIpc) is 3.28. The van der Waals surface area contributed by atoms with Crippen LogP contribution in [0.1, 0.15) is 5.69 Å². The number of hydrogen-bond donors (Lipinski definition) is 1. The monoisotopic (exact) mass is 449 g/mol. The molecular weight excluding hydrogens is 438 g/mol. The molecule has 136 valence electrons. The topological polar surface area (TPSA) is 71.5 Å². The van der Waals surface area contributed by atoms with E-state index in [1.54, 1.807) is 0 Å². The molecule has 0 spiro atoms. The van der Waals surface area contributed by atoms with E-state index in [1.165, 1.54) is 17.6 Å². The zero-order valence-electron chi connectivity index (χ0n) is 14.3. The summed E-state index contributed by atoms with van der Waals surface area (Å²) >= 11 is 4.92. The Labute approximate surface area is 172 Å². The lowest BCUT2D eigenvalue weighted by Gasteiger charge is -2.01. The SMILES string of the molecule is Oc1oc(-c2cccc3ccccc23)nc1/C=N/c1nc2ccc(Br)cc2s1. The van der Waals surface area contributed by atoms with Crippen molar-refractivity contribution in [3.8, 4) is 17.4 Å². The normalized spacial score (nSPS) is 11.8. The van der Waals surface area contributed by atoms with Crippen molar-refractivity contribution in [1.82, 2.24) is 9.97 Å². The highest BCUT2D eigenvalue weighted by Gasteiger charge is 2.15. The maximum Gasteiger partial charge on any atom is 0.312 e. The van der Waals surface area contributed by atoms with Crippen LogP contribution in [0.5, 0.6) is 5.95 Å². The fourth-order valence-electron chi connectivity index (χ4n) is 2.99. The van der Waals surface area contributed by atoms with Crippen molar-refractivity contribution < 1.29 is 9.52 Å². The zero-order valence-corrected chi connectivity index (χ0v) is 16.7. The largest absolute Gasteiger partial charge is 0.479 e. The van der Waals surface area contributed by atoms with Crippen LogP contribution in [-0.2, 0) is 0 Å². The van der Waals surface area contributed by atoms with E-state index in [9.17, 15) is 5.11 Å². The summed E-state index contributed by atoms with van der Waals surface area (Å²) in [6.07, 6.45) is 1.47. The van der Waals surface area contributed by atoms with Crippen LogP contribution < -0.4 is 0 Å². The van der Waals surface area contributed by atoms with E-state index >= 15 is 0 Å². The summed E-state index contributed by atoms with van der Waals surface area (Å²) in [7, 11) is 0. The van der Waals surface area contributed by atoms with Gasteiger partial charge in [0, 0.05) is 10.0 Å². The van der Waals surface area contributed by atoms with Gasteiger partial charge in [-0.15, -0.1) is 0 Å². The summed E-state index contributed by atoms with van der Waals surface area (Å²) < 4.78 is 7.53. The van der Waals surface area contributed by atoms with Crippen molar-refractivity contribution >= 4 is 59.6 Å². The van der Waals surface area contributed by atoms with E-state index < -0.39 is 0 Å². The molecule has 2 heterocycles. The van der Waals surface area contributed by atoms with Gasteiger partial charge in [-0.05, 0) is 35.0 Å². The molecule has 28 heavy (non-hydrogen) atoms. The first kappa shape index (κ1) is 17.1. The Hall–Kier alpha value is -3.03. The summed E-state index contributed by atoms with van der Waals surface area (Å²) in [4.78, 5) is 13.2. The van der Waals surface area contributed by atoms with Crippen LogP contribution in [0.2, 0.25) is 0 Å². The number of aliphatic imine (C=N–C) groups is 1. The van der Waals surface area contributed by atoms with Gasteiger partial charge in [0.15, 0.2) is 5.69 Å². The molecule has 5 aromatic rings. The van der Waals surface area contributed by atoms with Gasteiger partial charge < -0.3 is 9.52 Å². The summed E-state index contributed by atoms with van der Waals surface area (Å²) in [5.74, 6) is 0.0829. The van der Waals surface area contributed by atoms with Crippen molar-refractivity contribution in [3.63, 3.8) is 0 Å². The number of hydrogen-bond acceptors (Lipinski definition) is 6. The zero-order chi connectivity index (χ0) is 19.1. The second-order valence-corrected chi connectivity index (χ2v) is 8.03. The van der Waals surface area contributed by atoms with Crippen molar-refractivity contribution in [1.29, 1.82) is 0 Å². The van der Waals surface area contributed by atoms with Crippen LogP contribution in [0.4, 0.5) is 5.13 Å². The Kier molecular flexibility index (Phi) is 4.18. The number of benzene rings is 3. The van der Waals surface area contributed by atoms with Crippen molar-refractivity contribution in [2.75, 3.05) is 0 Å². The molecule has 3 aromatic carbocycles. The molecule has 0 saturated carbocycles. The van der Waals surface area contributed by atoms with Crippen molar-refractivity contribution in [3.05, 3.63) is 70.8 Å². The standard InChI is InChI=1S/C21H12BrN3O2S/c22-13-8-9-16-18(10-13)28-21(25-16)23-11-17-20(26)27-19(24-17)15-7-3-5-12-4-1-2-6-14(12)15/h1-11,26H/b23-11+. The number of halogens is 1. The molecule has 0 atom stereocenters. The Morgan fingerprint density at radius 2 is 1.89 bits per heavy atom. The molecule has 5 nitrogen and oxygen atoms in total. The molecule has 1 N–H and O–H groups in total. The third-order valence-corrected chi connectivity index (χ3v) is 5.71. The fourth-order valence-corrected chi connectivity index (χ4v) is 4.36. The molecular formula is C21H12BrN3O2S. The quantitative estimate of drug-likeness (QED) is 0.327. The maximum atomic E-state index is 10.2. The maximum absolute atomic E-state index is 10.2. The molecule has 0 saturated heterocycles. The number of nitrogens with zero attached hydrogens (tertiary/aromatic N) is 3. The molecule has 0 radical (unpaired) electrons. The molecule has 0 bridgehead atoms. The first-order chi connectivity index (χ1) is 13.7. The van der Waals surface area contributed by atoms with Gasteiger partial charge in [0.25, 0.3) is 0 Å². The van der Waals surface area contributed by atoms with E-state index in [4.69, 9.17) is 4.42 Å². The lowest BCUT2D eigenvalue weighted by molar-refractivity contribution is 0.337. The van der Waals surface area contributed by atoms with Gasteiger partial charge >= 0.3 is 5.95 Å². The molecule has 0 aliphatic rings. The molecule has 0 unspecified atom stereocenters. The lowest BCUT2D eigenvalue weighted by atomic mass is 10.0. The minimum Gasteiger partial charge on any atom is -0.479 e. The highest BCUT2D eigenvalue weighted by molar-refractivity contribution is 9.10. The van der Waals surface area contributed by atoms with Crippen LogP contribution in [0.15, 0.2) is 74.5 Å². The van der Waals surface area contributed by atoms with Gasteiger partial charge in [-0.3, -0.25) is 0 Å².